The molecule has 0 aromatic rings. The normalized spacial score (nSPS) is 49.1. The molecule has 2 N–H and O–H groups in total. The van der Waals surface area contributed by atoms with Gasteiger partial charge in [0, 0.05) is 29.0 Å². The highest BCUT2D eigenvalue weighted by atomic mass is 35.5. The first kappa shape index (κ1) is 27.5. The number of nitrogens with zero attached hydrogens (tertiary/aromatic N) is 1. The Balaban J connectivity index is 1.62. The second-order valence-electron chi connectivity index (χ2n) is 15.8. The third-order valence-corrected chi connectivity index (χ3v) is 13.9. The first-order valence-electron chi connectivity index (χ1n) is 14.6. The smallest absolute Gasteiger partial charge is 0.137 e. The molecule has 5 rings (SSSR count). The summed E-state index contributed by atoms with van der Waals surface area (Å²) >= 11 is 6.33. The van der Waals surface area contributed by atoms with Gasteiger partial charge in [-0.1, -0.05) is 48.5 Å². The van der Waals surface area contributed by atoms with Crippen LogP contribution in [0.25, 0.3) is 0 Å². The number of rotatable bonds is 2. The zero-order chi connectivity index (χ0) is 27.4. The van der Waals surface area contributed by atoms with Gasteiger partial charge in [0.05, 0.1) is 17.7 Å². The van der Waals surface area contributed by atoms with Crippen molar-refractivity contribution in [3.63, 3.8) is 0 Å². The predicted molar refractivity (Wildman–Crippen MR) is 147 cm³/mol. The van der Waals surface area contributed by atoms with E-state index >= 15 is 0 Å². The highest BCUT2D eigenvalue weighted by molar-refractivity contribution is 6.18. The molecule has 5 aliphatic rings. The zero-order valence-corrected chi connectivity index (χ0v) is 24.8. The third-order valence-electron chi connectivity index (χ3n) is 13.6. The van der Waals surface area contributed by atoms with E-state index in [2.05, 4.69) is 54.5 Å². The quantitative estimate of drug-likeness (QED) is 0.361. The summed E-state index contributed by atoms with van der Waals surface area (Å²) in [6, 6.07) is 2.33. The van der Waals surface area contributed by atoms with Gasteiger partial charge < -0.3 is 10.2 Å². The van der Waals surface area contributed by atoms with Crippen molar-refractivity contribution in [3.8, 4) is 6.07 Å². The summed E-state index contributed by atoms with van der Waals surface area (Å²) in [5, 5.41) is 32.3. The van der Waals surface area contributed by atoms with E-state index in [0.717, 1.165) is 44.9 Å². The van der Waals surface area contributed by atoms with Gasteiger partial charge in [-0.05, 0) is 90.8 Å². The summed E-state index contributed by atoms with van der Waals surface area (Å²) in [4.78, 5) is 14.5. The highest BCUT2D eigenvalue weighted by Gasteiger charge is 2.72. The van der Waals surface area contributed by atoms with Crippen LogP contribution in [0.1, 0.15) is 106 Å². The average Bonchev–Trinajstić information content (AvgIpc) is 2.82. The highest BCUT2D eigenvalue weighted by Crippen LogP contribution is 2.76. The molecule has 0 heterocycles. The zero-order valence-electron chi connectivity index (χ0n) is 24.1. The molecule has 0 aliphatic heterocycles. The fourth-order valence-corrected chi connectivity index (χ4v) is 11.7. The Hall–Kier alpha value is -1.05. The molecule has 9 atom stereocenters. The number of ketones is 1. The van der Waals surface area contributed by atoms with Gasteiger partial charge in [-0.2, -0.15) is 5.26 Å². The van der Waals surface area contributed by atoms with Crippen molar-refractivity contribution >= 4 is 17.4 Å². The summed E-state index contributed by atoms with van der Waals surface area (Å²) in [5.41, 5.74) is -0.495. The van der Waals surface area contributed by atoms with Gasteiger partial charge in [0.25, 0.3) is 0 Å². The molecule has 0 radical (unpaired) electrons. The van der Waals surface area contributed by atoms with Gasteiger partial charge in [-0.3, -0.25) is 4.79 Å². The van der Waals surface area contributed by atoms with E-state index in [0.29, 0.717) is 24.2 Å². The van der Waals surface area contributed by atoms with Crippen molar-refractivity contribution in [2.75, 3.05) is 5.88 Å². The molecular weight excluding hydrogens is 482 g/mol. The van der Waals surface area contributed by atoms with Crippen LogP contribution in [0.3, 0.4) is 0 Å². The van der Waals surface area contributed by atoms with E-state index in [-0.39, 0.29) is 62.4 Å². The lowest BCUT2D eigenvalue weighted by Gasteiger charge is -2.72. The maximum absolute atomic E-state index is 14.5. The summed E-state index contributed by atoms with van der Waals surface area (Å²) in [6.07, 6.45) is 7.43. The Labute approximate surface area is 229 Å². The van der Waals surface area contributed by atoms with Crippen molar-refractivity contribution < 1.29 is 15.0 Å². The van der Waals surface area contributed by atoms with Crippen LogP contribution in [0, 0.1) is 67.5 Å². The molecule has 4 saturated carbocycles. The monoisotopic (exact) mass is 529 g/mol. The molecule has 0 amide bonds. The van der Waals surface area contributed by atoms with E-state index in [1.165, 1.54) is 0 Å². The number of Topliss-reactive ketones (excluding diaryl/α,β-unsaturated/α-hetero) is 1. The van der Waals surface area contributed by atoms with Gasteiger partial charge >= 0.3 is 0 Å². The molecule has 5 aliphatic carbocycles. The second kappa shape index (κ2) is 8.23. The molecular formula is C32H48ClNO3. The molecule has 0 saturated heterocycles. The van der Waals surface area contributed by atoms with E-state index in [1.807, 2.05) is 0 Å². The number of aliphatic hydroxyl groups excluding tert-OH is 2. The van der Waals surface area contributed by atoms with Crippen LogP contribution >= 0.6 is 11.6 Å². The van der Waals surface area contributed by atoms with Gasteiger partial charge in [0.15, 0.2) is 0 Å². The number of alkyl halides is 1. The van der Waals surface area contributed by atoms with Crippen LogP contribution < -0.4 is 0 Å². The lowest BCUT2D eigenvalue weighted by atomic mass is 9.31. The number of aliphatic hydroxyl groups is 2. The Bertz CT molecular complexity index is 1070. The van der Waals surface area contributed by atoms with Crippen molar-refractivity contribution in [2.24, 2.45) is 56.2 Å². The number of carbonyl (C=O) groups excluding carboxylic acids is 1. The molecule has 206 valence electrons. The maximum atomic E-state index is 14.5. The number of fused-ring (bicyclic) bond motifs is 7. The number of allylic oxidation sites excluding steroid dienone is 2. The van der Waals surface area contributed by atoms with Gasteiger partial charge in [-0.15, -0.1) is 11.6 Å². The summed E-state index contributed by atoms with van der Waals surface area (Å²) in [7, 11) is 0. The Morgan fingerprint density at radius 3 is 2.27 bits per heavy atom. The van der Waals surface area contributed by atoms with Gasteiger partial charge in [0.1, 0.15) is 11.5 Å². The number of halogens is 1. The summed E-state index contributed by atoms with van der Waals surface area (Å²) < 4.78 is 0. The lowest BCUT2D eigenvalue weighted by molar-refractivity contribution is -0.240. The Morgan fingerprint density at radius 2 is 1.65 bits per heavy atom. The van der Waals surface area contributed by atoms with Crippen LogP contribution in [-0.4, -0.2) is 28.0 Å². The molecule has 4 nitrogen and oxygen atoms in total. The minimum atomic E-state index is -0.572. The Kier molecular flexibility index (Phi) is 6.12. The second-order valence-corrected chi connectivity index (χ2v) is 16.2. The molecule has 0 bridgehead atoms. The van der Waals surface area contributed by atoms with E-state index in [9.17, 15) is 20.3 Å². The Morgan fingerprint density at radius 1 is 1.00 bits per heavy atom. The largest absolute Gasteiger partial charge is 0.511 e. The van der Waals surface area contributed by atoms with E-state index in [4.69, 9.17) is 11.6 Å². The van der Waals surface area contributed by atoms with Crippen molar-refractivity contribution in [2.45, 2.75) is 112 Å². The molecule has 3 unspecified atom stereocenters. The first-order valence-corrected chi connectivity index (χ1v) is 15.2. The fourth-order valence-electron chi connectivity index (χ4n) is 11.4. The van der Waals surface area contributed by atoms with Crippen molar-refractivity contribution in [1.29, 1.82) is 5.26 Å². The van der Waals surface area contributed by atoms with E-state index in [1.54, 1.807) is 0 Å². The molecule has 0 aromatic carbocycles. The van der Waals surface area contributed by atoms with Gasteiger partial charge in [0.2, 0.25) is 0 Å². The summed E-state index contributed by atoms with van der Waals surface area (Å²) in [6.45, 7) is 16.0. The van der Waals surface area contributed by atoms with Crippen LogP contribution in [-0.2, 0) is 4.79 Å². The van der Waals surface area contributed by atoms with E-state index < -0.39 is 11.5 Å². The number of nitriles is 1. The number of carbonyl (C=O) groups is 1. The molecule has 37 heavy (non-hydrogen) atoms. The predicted octanol–water partition coefficient (Wildman–Crippen LogP) is 7.59. The lowest BCUT2D eigenvalue weighted by Crippen LogP contribution is -2.69. The minimum Gasteiger partial charge on any atom is -0.511 e. The first-order chi connectivity index (χ1) is 17.0. The molecule has 0 aromatic heterocycles. The van der Waals surface area contributed by atoms with Gasteiger partial charge in [-0.25, -0.2) is 0 Å². The molecule has 0 spiro atoms. The number of hydrogen-bond donors (Lipinski definition) is 2. The average molecular weight is 530 g/mol. The topological polar surface area (TPSA) is 81.3 Å². The molecule has 4 fully saturated rings. The summed E-state index contributed by atoms with van der Waals surface area (Å²) in [5.74, 6) is 1.36. The number of hydrogen-bond acceptors (Lipinski definition) is 4. The van der Waals surface area contributed by atoms with Crippen LogP contribution in [0.15, 0.2) is 11.3 Å². The molecule has 5 heteroatoms. The maximum Gasteiger partial charge on any atom is 0.137 e. The SMILES string of the molecule is CC1(C)CC[C@]2(C(O)CCl)CC[C@]3(C)C(C(=O)C[C@@H]4[C@@]5(C)CC(C#N)=C(O)C(C)(C)[C@@H]5CC[C@]43C)C2C1. The fraction of sp³-hybridized carbons (Fsp3) is 0.875. The van der Waals surface area contributed by atoms with Crippen LogP contribution in [0.2, 0.25) is 0 Å². The van der Waals surface area contributed by atoms with Crippen molar-refractivity contribution in [1.82, 2.24) is 0 Å². The standard InChI is InChI=1S/C32H48ClNO3/c1-27(2)10-12-32(24(36)17-33)13-11-31(7)25(20(32)16-27)21(35)14-23-29(5)15-19(18-34)26(37)28(3,4)22(29)8-9-30(23,31)6/h20,22-25,36-37H,8-17H2,1-7H3/t20?,22-,23+,24?,25?,29-,30+,31+,32-/m0/s1. The van der Waals surface area contributed by atoms with Crippen LogP contribution in [0.4, 0.5) is 0 Å². The van der Waals surface area contributed by atoms with Crippen molar-refractivity contribution in [3.05, 3.63) is 11.3 Å². The van der Waals surface area contributed by atoms with Crippen LogP contribution in [0.5, 0.6) is 0 Å². The minimum absolute atomic E-state index is 0.0416. The third kappa shape index (κ3) is 3.38.